The van der Waals surface area contributed by atoms with E-state index in [-0.39, 0.29) is 5.69 Å². The van der Waals surface area contributed by atoms with Crippen LogP contribution >= 0.6 is 11.3 Å². The zero-order chi connectivity index (χ0) is 10.8. The maximum atomic E-state index is 11.1. The van der Waals surface area contributed by atoms with Crippen LogP contribution in [-0.4, -0.2) is 22.0 Å². The first kappa shape index (κ1) is 9.85. The van der Waals surface area contributed by atoms with Crippen molar-refractivity contribution in [3.8, 4) is 10.6 Å². The van der Waals surface area contributed by atoms with Crippen LogP contribution in [-0.2, 0) is 0 Å². The fraction of sp³-hybridized carbons (Fsp3) is 0.222. The lowest BCUT2D eigenvalue weighted by Gasteiger charge is -1.95. The van der Waals surface area contributed by atoms with Crippen molar-refractivity contribution in [3.63, 3.8) is 0 Å². The van der Waals surface area contributed by atoms with Crippen LogP contribution in [0.2, 0.25) is 0 Å². The zero-order valence-corrected chi connectivity index (χ0v) is 9.18. The summed E-state index contributed by atoms with van der Waals surface area (Å²) >= 11 is 1.50. The largest absolute Gasteiger partial charge is 0.365 e. The Morgan fingerprint density at radius 3 is 2.93 bits per heavy atom. The predicted molar refractivity (Wildman–Crippen MR) is 60.2 cm³/mol. The number of hydrogen-bond donors (Lipinski definition) is 2. The van der Waals surface area contributed by atoms with Crippen LogP contribution < -0.4 is 11.0 Å². The van der Waals surface area contributed by atoms with Gasteiger partial charge in [-0.1, -0.05) is 11.3 Å². The molecule has 0 saturated carbocycles. The third-order valence-electron chi connectivity index (χ3n) is 1.93. The van der Waals surface area contributed by atoms with Gasteiger partial charge in [0.2, 0.25) is 0 Å². The Bertz CT molecular complexity index is 531. The van der Waals surface area contributed by atoms with E-state index in [1.165, 1.54) is 17.5 Å². The Kier molecular flexibility index (Phi) is 2.51. The first-order chi connectivity index (χ1) is 7.20. The molecule has 5 nitrogen and oxygen atoms in total. The second kappa shape index (κ2) is 3.82. The van der Waals surface area contributed by atoms with E-state index >= 15 is 0 Å². The number of anilines is 1. The molecular weight excluding hydrogens is 212 g/mol. The quantitative estimate of drug-likeness (QED) is 0.802. The molecule has 0 amide bonds. The van der Waals surface area contributed by atoms with E-state index in [2.05, 4.69) is 20.3 Å². The standard InChI is InChI=1S/C9H10N4OS/c1-5-7(15-9(10-2)12-5)6-3-4-11-8(14)13-6/h3-4H,1-2H3,(H,10,12)(H,11,13,14). The van der Waals surface area contributed by atoms with Crippen LogP contribution in [0.15, 0.2) is 17.1 Å². The highest BCUT2D eigenvalue weighted by molar-refractivity contribution is 7.19. The molecule has 2 rings (SSSR count). The minimum atomic E-state index is -0.341. The molecule has 0 radical (unpaired) electrons. The first-order valence-corrected chi connectivity index (χ1v) is 5.23. The molecule has 0 aliphatic heterocycles. The highest BCUT2D eigenvalue weighted by atomic mass is 32.1. The van der Waals surface area contributed by atoms with Crippen molar-refractivity contribution in [1.29, 1.82) is 0 Å². The van der Waals surface area contributed by atoms with E-state index in [0.717, 1.165) is 21.4 Å². The van der Waals surface area contributed by atoms with Gasteiger partial charge < -0.3 is 10.3 Å². The predicted octanol–water partition coefficient (Wildman–Crippen LogP) is 1.24. The molecule has 0 aliphatic carbocycles. The lowest BCUT2D eigenvalue weighted by molar-refractivity contribution is 1.08. The van der Waals surface area contributed by atoms with Gasteiger partial charge in [0.15, 0.2) is 5.13 Å². The molecule has 0 fully saturated rings. The Labute approximate surface area is 90.2 Å². The van der Waals surface area contributed by atoms with Crippen LogP contribution in [0.25, 0.3) is 10.6 Å². The molecule has 0 unspecified atom stereocenters. The van der Waals surface area contributed by atoms with Crippen LogP contribution in [0.5, 0.6) is 0 Å². The molecule has 0 saturated heterocycles. The Balaban J connectivity index is 2.53. The van der Waals surface area contributed by atoms with E-state index in [0.29, 0.717) is 0 Å². The molecule has 0 aliphatic rings. The van der Waals surface area contributed by atoms with E-state index in [1.54, 1.807) is 6.07 Å². The SMILES string of the molecule is CNc1nc(C)c(-c2ccnc(=O)[nH]2)s1. The van der Waals surface area contributed by atoms with Crippen LogP contribution in [0.4, 0.5) is 5.13 Å². The number of thiazole rings is 1. The number of aromatic nitrogens is 3. The maximum absolute atomic E-state index is 11.1. The second-order valence-electron chi connectivity index (χ2n) is 2.97. The Hall–Kier alpha value is -1.69. The number of nitrogens with one attached hydrogen (secondary N) is 2. The van der Waals surface area contributed by atoms with Crippen molar-refractivity contribution >= 4 is 16.5 Å². The summed E-state index contributed by atoms with van der Waals surface area (Å²) in [5.41, 5.74) is 1.31. The fourth-order valence-corrected chi connectivity index (χ4v) is 2.15. The van der Waals surface area contributed by atoms with Crippen LogP contribution in [0.1, 0.15) is 5.69 Å². The van der Waals surface area contributed by atoms with Crippen molar-refractivity contribution in [2.45, 2.75) is 6.92 Å². The molecular formula is C9H10N4OS. The van der Waals surface area contributed by atoms with Gasteiger partial charge in [-0.05, 0) is 13.0 Å². The van der Waals surface area contributed by atoms with Crippen molar-refractivity contribution in [3.05, 3.63) is 28.4 Å². The number of hydrogen-bond acceptors (Lipinski definition) is 5. The van der Waals surface area contributed by atoms with Gasteiger partial charge in [0.05, 0.1) is 16.3 Å². The minimum absolute atomic E-state index is 0.341. The molecule has 0 bridgehead atoms. The number of nitrogens with zero attached hydrogens (tertiary/aromatic N) is 2. The van der Waals surface area contributed by atoms with Crippen molar-refractivity contribution in [2.75, 3.05) is 12.4 Å². The minimum Gasteiger partial charge on any atom is -0.365 e. The number of aromatic amines is 1. The van der Waals surface area contributed by atoms with Gasteiger partial charge in [0, 0.05) is 13.2 Å². The summed E-state index contributed by atoms with van der Waals surface area (Å²) in [5.74, 6) is 0. The highest BCUT2D eigenvalue weighted by Gasteiger charge is 2.09. The van der Waals surface area contributed by atoms with Crippen LogP contribution in [0, 0.1) is 6.92 Å². The third-order valence-corrected chi connectivity index (χ3v) is 3.14. The van der Waals surface area contributed by atoms with Crippen molar-refractivity contribution < 1.29 is 0 Å². The number of rotatable bonds is 2. The molecule has 6 heteroatoms. The van der Waals surface area contributed by atoms with Gasteiger partial charge in [0.1, 0.15) is 0 Å². The molecule has 2 N–H and O–H groups in total. The molecule has 2 heterocycles. The second-order valence-corrected chi connectivity index (χ2v) is 3.97. The molecule has 0 aromatic carbocycles. The monoisotopic (exact) mass is 222 g/mol. The van der Waals surface area contributed by atoms with Gasteiger partial charge in [-0.3, -0.25) is 0 Å². The molecule has 78 valence electrons. The van der Waals surface area contributed by atoms with E-state index in [4.69, 9.17) is 0 Å². The summed E-state index contributed by atoms with van der Waals surface area (Å²) in [6, 6.07) is 1.77. The topological polar surface area (TPSA) is 70.7 Å². The lowest BCUT2D eigenvalue weighted by atomic mass is 10.3. The lowest BCUT2D eigenvalue weighted by Crippen LogP contribution is -2.09. The summed E-state index contributed by atoms with van der Waals surface area (Å²) in [6.07, 6.45) is 1.49. The molecule has 2 aromatic rings. The number of aryl methyl sites for hydroxylation is 1. The summed E-state index contributed by atoms with van der Waals surface area (Å²) in [5, 5.41) is 3.81. The smallest absolute Gasteiger partial charge is 0.345 e. The zero-order valence-electron chi connectivity index (χ0n) is 8.37. The van der Waals surface area contributed by atoms with Crippen LogP contribution in [0.3, 0.4) is 0 Å². The van der Waals surface area contributed by atoms with E-state index in [1.807, 2.05) is 14.0 Å². The Morgan fingerprint density at radius 1 is 1.53 bits per heavy atom. The van der Waals surface area contributed by atoms with Gasteiger partial charge in [-0.25, -0.2) is 14.8 Å². The van der Waals surface area contributed by atoms with Crippen molar-refractivity contribution in [2.24, 2.45) is 0 Å². The summed E-state index contributed by atoms with van der Waals surface area (Å²) in [6.45, 7) is 1.91. The molecule has 15 heavy (non-hydrogen) atoms. The highest BCUT2D eigenvalue weighted by Crippen LogP contribution is 2.30. The molecule has 0 spiro atoms. The van der Waals surface area contributed by atoms with Crippen molar-refractivity contribution in [1.82, 2.24) is 15.0 Å². The molecule has 2 aromatic heterocycles. The normalized spacial score (nSPS) is 10.3. The summed E-state index contributed by atoms with van der Waals surface area (Å²) in [7, 11) is 1.82. The van der Waals surface area contributed by atoms with E-state index in [9.17, 15) is 4.79 Å². The van der Waals surface area contributed by atoms with Gasteiger partial charge in [-0.15, -0.1) is 0 Å². The summed E-state index contributed by atoms with van der Waals surface area (Å²) in [4.78, 5) is 22.6. The van der Waals surface area contributed by atoms with Gasteiger partial charge in [0.25, 0.3) is 0 Å². The average molecular weight is 222 g/mol. The van der Waals surface area contributed by atoms with Gasteiger partial charge >= 0.3 is 5.69 Å². The van der Waals surface area contributed by atoms with E-state index < -0.39 is 0 Å². The number of H-pyrrole nitrogens is 1. The van der Waals surface area contributed by atoms with Gasteiger partial charge in [-0.2, -0.15) is 0 Å². The maximum Gasteiger partial charge on any atom is 0.345 e. The fourth-order valence-electron chi connectivity index (χ4n) is 1.25. The summed E-state index contributed by atoms with van der Waals surface area (Å²) < 4.78 is 0. The third kappa shape index (κ3) is 1.89. The molecule has 0 atom stereocenters. The average Bonchev–Trinajstić information content (AvgIpc) is 2.60. The first-order valence-electron chi connectivity index (χ1n) is 4.41. The Morgan fingerprint density at radius 2 is 2.33 bits per heavy atom.